The van der Waals surface area contributed by atoms with E-state index in [1.54, 1.807) is 0 Å². The largest absolute Gasteiger partial charge is 0.396 e. The van der Waals surface area contributed by atoms with E-state index in [4.69, 9.17) is 5.73 Å². The van der Waals surface area contributed by atoms with Crippen LogP contribution in [-0.2, 0) is 0 Å². The minimum atomic E-state index is 0.665. The summed E-state index contributed by atoms with van der Waals surface area (Å²) in [4.78, 5) is 4.08. The van der Waals surface area contributed by atoms with E-state index >= 15 is 0 Å². The molecule has 3 N–H and O–H groups in total. The number of allylic oxidation sites excluding steroid dienone is 2. The van der Waals surface area contributed by atoms with Crippen molar-refractivity contribution in [1.29, 1.82) is 0 Å². The van der Waals surface area contributed by atoms with Gasteiger partial charge in [0.05, 0.1) is 11.4 Å². The van der Waals surface area contributed by atoms with Crippen LogP contribution in [0.1, 0.15) is 13.8 Å². The van der Waals surface area contributed by atoms with Crippen LogP contribution in [0, 0.1) is 0 Å². The molecule has 0 bridgehead atoms. The lowest BCUT2D eigenvalue weighted by molar-refractivity contribution is 0.799. The molecule has 0 spiro atoms. The molecule has 0 aromatic heterocycles. The summed E-state index contributed by atoms with van der Waals surface area (Å²) in [5.74, 6) is 0. The van der Waals surface area contributed by atoms with Gasteiger partial charge >= 0.3 is 0 Å². The minimum absolute atomic E-state index is 0.665. The zero-order valence-corrected chi connectivity index (χ0v) is 5.73. The lowest BCUT2D eigenvalue weighted by Crippen LogP contribution is -2.25. The van der Waals surface area contributed by atoms with Crippen LogP contribution in [0.25, 0.3) is 0 Å². The highest BCUT2D eigenvalue weighted by Crippen LogP contribution is 2.00. The number of nitrogens with one attached hydrogen (secondary N) is 1. The zero-order valence-electron chi connectivity index (χ0n) is 5.73. The van der Waals surface area contributed by atoms with Crippen molar-refractivity contribution in [1.82, 2.24) is 5.32 Å². The highest BCUT2D eigenvalue weighted by molar-refractivity contribution is 5.98. The van der Waals surface area contributed by atoms with E-state index in [1.807, 2.05) is 13.8 Å². The summed E-state index contributed by atoms with van der Waals surface area (Å²) >= 11 is 0. The van der Waals surface area contributed by atoms with E-state index in [0.717, 1.165) is 17.1 Å². The van der Waals surface area contributed by atoms with Crippen LogP contribution in [-0.4, -0.2) is 12.4 Å². The molecule has 0 aromatic carbocycles. The molecule has 0 saturated carbocycles. The maximum atomic E-state index is 5.61. The third-order valence-corrected chi connectivity index (χ3v) is 1.45. The lowest BCUT2D eigenvalue weighted by atomic mass is 10.2. The second kappa shape index (κ2) is 2.09. The van der Waals surface area contributed by atoms with Gasteiger partial charge in [0, 0.05) is 5.70 Å². The molecule has 1 rings (SSSR count). The SMILES string of the molecule is CC1=NCNC(C)=C1N. The summed E-state index contributed by atoms with van der Waals surface area (Å²) in [7, 11) is 0. The predicted octanol–water partition coefficient (Wildman–Crippen LogP) is 0.198. The highest BCUT2D eigenvalue weighted by Gasteiger charge is 2.04. The topological polar surface area (TPSA) is 50.4 Å². The Morgan fingerprint density at radius 3 is 2.67 bits per heavy atom. The minimum Gasteiger partial charge on any atom is -0.396 e. The highest BCUT2D eigenvalue weighted by atomic mass is 15.0. The first kappa shape index (κ1) is 6.13. The van der Waals surface area contributed by atoms with Crippen LogP contribution < -0.4 is 11.1 Å². The van der Waals surface area contributed by atoms with E-state index < -0.39 is 0 Å². The van der Waals surface area contributed by atoms with Crippen LogP contribution in [0.3, 0.4) is 0 Å². The molecule has 50 valence electrons. The Morgan fingerprint density at radius 1 is 1.56 bits per heavy atom. The Hall–Kier alpha value is -0.990. The monoisotopic (exact) mass is 125 g/mol. The first-order chi connectivity index (χ1) is 4.22. The van der Waals surface area contributed by atoms with Gasteiger partial charge in [-0.05, 0) is 13.8 Å². The predicted molar refractivity (Wildman–Crippen MR) is 38.0 cm³/mol. The van der Waals surface area contributed by atoms with Crippen molar-refractivity contribution < 1.29 is 0 Å². The molecular formula is C6H11N3. The maximum absolute atomic E-state index is 5.61. The average molecular weight is 125 g/mol. The van der Waals surface area contributed by atoms with Gasteiger partial charge in [0.2, 0.25) is 0 Å². The maximum Gasteiger partial charge on any atom is 0.107 e. The molecule has 0 aliphatic carbocycles. The van der Waals surface area contributed by atoms with Crippen LogP contribution in [0.15, 0.2) is 16.4 Å². The van der Waals surface area contributed by atoms with Crippen molar-refractivity contribution in [2.24, 2.45) is 10.7 Å². The molecular weight excluding hydrogens is 114 g/mol. The van der Waals surface area contributed by atoms with E-state index in [2.05, 4.69) is 10.3 Å². The molecule has 9 heavy (non-hydrogen) atoms. The molecule has 0 fully saturated rings. The van der Waals surface area contributed by atoms with Crippen molar-refractivity contribution in [3.8, 4) is 0 Å². The number of nitrogens with zero attached hydrogens (tertiary/aromatic N) is 1. The second-order valence-corrected chi connectivity index (χ2v) is 2.12. The Labute approximate surface area is 54.7 Å². The van der Waals surface area contributed by atoms with Crippen molar-refractivity contribution in [3.63, 3.8) is 0 Å². The van der Waals surface area contributed by atoms with Crippen molar-refractivity contribution in [2.75, 3.05) is 6.67 Å². The molecule has 3 nitrogen and oxygen atoms in total. The molecule has 1 aliphatic heterocycles. The first-order valence-electron chi connectivity index (χ1n) is 2.93. The van der Waals surface area contributed by atoms with Gasteiger partial charge < -0.3 is 11.1 Å². The van der Waals surface area contributed by atoms with Crippen molar-refractivity contribution in [3.05, 3.63) is 11.4 Å². The van der Waals surface area contributed by atoms with Crippen LogP contribution in [0.5, 0.6) is 0 Å². The number of nitrogens with two attached hydrogens (primary N) is 1. The van der Waals surface area contributed by atoms with E-state index in [0.29, 0.717) is 6.67 Å². The fraction of sp³-hybridized carbons (Fsp3) is 0.500. The molecule has 0 amide bonds. The Balaban J connectivity index is 2.88. The van der Waals surface area contributed by atoms with E-state index in [9.17, 15) is 0 Å². The molecule has 3 heteroatoms. The molecule has 0 atom stereocenters. The van der Waals surface area contributed by atoms with Gasteiger partial charge in [0.15, 0.2) is 0 Å². The molecule has 0 unspecified atom stereocenters. The van der Waals surface area contributed by atoms with Crippen molar-refractivity contribution in [2.45, 2.75) is 13.8 Å². The van der Waals surface area contributed by atoms with Gasteiger partial charge in [-0.2, -0.15) is 0 Å². The Morgan fingerprint density at radius 2 is 2.22 bits per heavy atom. The van der Waals surface area contributed by atoms with Crippen LogP contribution in [0.4, 0.5) is 0 Å². The van der Waals surface area contributed by atoms with E-state index in [1.165, 1.54) is 0 Å². The summed E-state index contributed by atoms with van der Waals surface area (Å²) in [5, 5.41) is 3.03. The molecule has 1 aliphatic rings. The van der Waals surface area contributed by atoms with E-state index in [-0.39, 0.29) is 0 Å². The van der Waals surface area contributed by atoms with Gasteiger partial charge in [-0.3, -0.25) is 4.99 Å². The zero-order chi connectivity index (χ0) is 6.85. The van der Waals surface area contributed by atoms with Gasteiger partial charge in [-0.15, -0.1) is 0 Å². The Kier molecular flexibility index (Phi) is 1.42. The molecule has 0 saturated heterocycles. The summed E-state index contributed by atoms with van der Waals surface area (Å²) < 4.78 is 0. The van der Waals surface area contributed by atoms with Gasteiger partial charge in [0.25, 0.3) is 0 Å². The summed E-state index contributed by atoms with van der Waals surface area (Å²) in [6, 6.07) is 0. The molecule has 0 radical (unpaired) electrons. The average Bonchev–Trinajstić information content (AvgIpc) is 1.83. The van der Waals surface area contributed by atoms with Gasteiger partial charge in [-0.25, -0.2) is 0 Å². The fourth-order valence-electron chi connectivity index (χ4n) is 0.728. The molecule has 1 heterocycles. The van der Waals surface area contributed by atoms with Crippen molar-refractivity contribution >= 4 is 5.71 Å². The fourth-order valence-corrected chi connectivity index (χ4v) is 0.728. The lowest BCUT2D eigenvalue weighted by Gasteiger charge is -2.13. The third-order valence-electron chi connectivity index (χ3n) is 1.45. The van der Waals surface area contributed by atoms with Gasteiger partial charge in [0.1, 0.15) is 6.67 Å². The standard InChI is InChI=1S/C6H11N3/c1-4-6(7)5(2)9-3-8-4/h8H,3,7H2,1-2H3. The third kappa shape index (κ3) is 1.04. The number of hydrogen-bond acceptors (Lipinski definition) is 3. The smallest absolute Gasteiger partial charge is 0.107 e. The van der Waals surface area contributed by atoms with Crippen LogP contribution in [0.2, 0.25) is 0 Å². The quantitative estimate of drug-likeness (QED) is 0.486. The summed E-state index contributed by atoms with van der Waals surface area (Å²) in [6.07, 6.45) is 0. The first-order valence-corrected chi connectivity index (χ1v) is 2.93. The van der Waals surface area contributed by atoms with Gasteiger partial charge in [-0.1, -0.05) is 0 Å². The Bertz CT molecular complexity index is 179. The summed E-state index contributed by atoms with van der Waals surface area (Å²) in [5.41, 5.74) is 8.35. The van der Waals surface area contributed by atoms with Crippen LogP contribution >= 0.6 is 0 Å². The molecule has 0 aromatic rings. The number of aliphatic imine (C=N–C) groups is 1. The summed E-state index contributed by atoms with van der Waals surface area (Å²) in [6.45, 7) is 4.53. The number of rotatable bonds is 0. The normalized spacial score (nSPS) is 19.1. The second-order valence-electron chi connectivity index (χ2n) is 2.12. The number of hydrogen-bond donors (Lipinski definition) is 2.